The van der Waals surface area contributed by atoms with Crippen molar-refractivity contribution in [2.24, 2.45) is 0 Å². The second-order valence-electron chi connectivity index (χ2n) is 6.23. The molecule has 0 saturated heterocycles. The molecule has 2 amide bonds. The Hall–Kier alpha value is -3.60. The fraction of sp³-hybridized carbons (Fsp3) is 0.167. The number of nitrogens with one attached hydrogen (secondary N) is 3. The number of pyridine rings is 1. The summed E-state index contributed by atoms with van der Waals surface area (Å²) < 4.78 is 25.0. The molecule has 0 fully saturated rings. The van der Waals surface area contributed by atoms with Gasteiger partial charge in [-0.2, -0.15) is 9.97 Å². The highest BCUT2D eigenvalue weighted by atomic mass is 32.2. The Morgan fingerprint density at radius 2 is 1.79 bits per heavy atom. The van der Waals surface area contributed by atoms with Crippen LogP contribution in [0.25, 0.3) is 11.5 Å². The summed E-state index contributed by atoms with van der Waals surface area (Å²) in [6.07, 6.45) is 2.69. The summed E-state index contributed by atoms with van der Waals surface area (Å²) in [7, 11) is -3.38. The van der Waals surface area contributed by atoms with Gasteiger partial charge in [-0.05, 0) is 49.7 Å². The summed E-state index contributed by atoms with van der Waals surface area (Å²) in [6, 6.07) is 9.57. The molecular weight excluding hydrogens is 394 g/mol. The standard InChI is InChI=1S/C18H19N7O3S/c1-11-10-13(25-29(3,27)28)7-8-14(11)22-18(26)24-17-21-12(2)20-16(23-17)15-6-4-5-9-19-15/h4-10,25H,1-3H3,(H2,20,21,22,23,24,26). The van der Waals surface area contributed by atoms with Crippen molar-refractivity contribution < 1.29 is 13.2 Å². The van der Waals surface area contributed by atoms with Crippen LogP contribution in [0.1, 0.15) is 11.4 Å². The quantitative estimate of drug-likeness (QED) is 0.584. The van der Waals surface area contributed by atoms with Crippen LogP contribution in [0.4, 0.5) is 22.1 Å². The van der Waals surface area contributed by atoms with Crippen LogP contribution in [0.2, 0.25) is 0 Å². The summed E-state index contributed by atoms with van der Waals surface area (Å²) in [5, 5.41) is 5.25. The lowest BCUT2D eigenvalue weighted by molar-refractivity contribution is 0.262. The molecule has 0 aliphatic heterocycles. The second-order valence-corrected chi connectivity index (χ2v) is 7.98. The highest BCUT2D eigenvalue weighted by Gasteiger charge is 2.12. The van der Waals surface area contributed by atoms with E-state index >= 15 is 0 Å². The molecule has 0 spiro atoms. The highest BCUT2D eigenvalue weighted by molar-refractivity contribution is 7.92. The zero-order valence-corrected chi connectivity index (χ0v) is 16.8. The van der Waals surface area contributed by atoms with Crippen LogP contribution in [0.3, 0.4) is 0 Å². The number of sulfonamides is 1. The smallest absolute Gasteiger partial charge is 0.307 e. The van der Waals surface area contributed by atoms with Gasteiger partial charge in [-0.1, -0.05) is 6.07 Å². The van der Waals surface area contributed by atoms with Gasteiger partial charge in [0.05, 0.1) is 6.26 Å². The van der Waals surface area contributed by atoms with Crippen molar-refractivity contribution in [3.63, 3.8) is 0 Å². The van der Waals surface area contributed by atoms with Crippen LogP contribution in [0.5, 0.6) is 0 Å². The second kappa shape index (κ2) is 8.19. The number of hydrogen-bond donors (Lipinski definition) is 3. The van der Waals surface area contributed by atoms with E-state index in [2.05, 4.69) is 35.3 Å². The molecule has 2 heterocycles. The molecule has 2 aromatic heterocycles. The Kier molecular flexibility index (Phi) is 5.69. The Labute approximate surface area is 167 Å². The summed E-state index contributed by atoms with van der Waals surface area (Å²) in [5.41, 5.74) is 2.16. The summed E-state index contributed by atoms with van der Waals surface area (Å²) in [4.78, 5) is 29.1. The van der Waals surface area contributed by atoms with Crippen molar-refractivity contribution in [2.45, 2.75) is 13.8 Å². The van der Waals surface area contributed by atoms with E-state index in [4.69, 9.17) is 0 Å². The largest absolute Gasteiger partial charge is 0.326 e. The molecule has 29 heavy (non-hydrogen) atoms. The number of benzene rings is 1. The van der Waals surface area contributed by atoms with Crippen LogP contribution < -0.4 is 15.4 Å². The van der Waals surface area contributed by atoms with E-state index < -0.39 is 16.1 Å². The molecule has 0 radical (unpaired) electrons. The Morgan fingerprint density at radius 1 is 1.00 bits per heavy atom. The lowest BCUT2D eigenvalue weighted by Gasteiger charge is -2.12. The number of anilines is 3. The molecule has 0 unspecified atom stereocenters. The van der Waals surface area contributed by atoms with Crippen molar-refractivity contribution in [1.29, 1.82) is 0 Å². The number of aryl methyl sites for hydroxylation is 2. The molecule has 0 saturated carbocycles. The van der Waals surface area contributed by atoms with Crippen molar-refractivity contribution >= 4 is 33.4 Å². The molecule has 1 aromatic carbocycles. The first-order valence-corrected chi connectivity index (χ1v) is 10.4. The maximum Gasteiger partial charge on any atom is 0.326 e. The predicted octanol–water partition coefficient (Wildman–Crippen LogP) is 2.57. The van der Waals surface area contributed by atoms with Crippen LogP contribution in [0, 0.1) is 13.8 Å². The minimum Gasteiger partial charge on any atom is -0.307 e. The molecule has 0 aliphatic carbocycles. The normalized spacial score (nSPS) is 11.0. The lowest BCUT2D eigenvalue weighted by Crippen LogP contribution is -2.22. The van der Waals surface area contributed by atoms with Crippen molar-refractivity contribution in [1.82, 2.24) is 19.9 Å². The maximum absolute atomic E-state index is 12.4. The first kappa shape index (κ1) is 20.1. The van der Waals surface area contributed by atoms with Crippen LogP contribution in [-0.4, -0.2) is 40.6 Å². The molecule has 3 aromatic rings. The van der Waals surface area contributed by atoms with Crippen molar-refractivity contribution in [3.05, 3.63) is 54.0 Å². The molecule has 0 atom stereocenters. The van der Waals surface area contributed by atoms with E-state index in [0.717, 1.165) is 6.26 Å². The average Bonchev–Trinajstić information content (AvgIpc) is 2.63. The number of amides is 2. The fourth-order valence-corrected chi connectivity index (χ4v) is 3.04. The van der Waals surface area contributed by atoms with Gasteiger partial charge in [0.25, 0.3) is 0 Å². The average molecular weight is 413 g/mol. The van der Waals surface area contributed by atoms with Gasteiger partial charge < -0.3 is 5.32 Å². The van der Waals surface area contributed by atoms with Crippen molar-refractivity contribution in [3.8, 4) is 11.5 Å². The Bertz CT molecular complexity index is 1150. The van der Waals surface area contributed by atoms with E-state index in [1.807, 2.05) is 6.07 Å². The van der Waals surface area contributed by atoms with E-state index in [0.29, 0.717) is 34.3 Å². The van der Waals surface area contributed by atoms with Gasteiger partial charge >= 0.3 is 6.03 Å². The van der Waals surface area contributed by atoms with E-state index in [1.54, 1.807) is 50.4 Å². The van der Waals surface area contributed by atoms with Crippen LogP contribution >= 0.6 is 0 Å². The zero-order chi connectivity index (χ0) is 21.0. The number of carbonyl (C=O) groups is 1. The predicted molar refractivity (Wildman–Crippen MR) is 110 cm³/mol. The third-order valence-electron chi connectivity index (χ3n) is 3.64. The highest BCUT2D eigenvalue weighted by Crippen LogP contribution is 2.21. The summed E-state index contributed by atoms with van der Waals surface area (Å²) in [5.74, 6) is 0.868. The monoisotopic (exact) mass is 413 g/mol. The number of aromatic nitrogens is 4. The summed E-state index contributed by atoms with van der Waals surface area (Å²) in [6.45, 7) is 3.43. The van der Waals surface area contributed by atoms with Gasteiger partial charge in [-0.25, -0.2) is 18.2 Å². The SMILES string of the molecule is Cc1nc(NC(=O)Nc2ccc(NS(C)(=O)=O)cc2C)nc(-c2ccccn2)n1. The van der Waals surface area contributed by atoms with Crippen molar-refractivity contribution in [2.75, 3.05) is 21.6 Å². The van der Waals surface area contributed by atoms with Crippen LogP contribution in [-0.2, 0) is 10.0 Å². The van der Waals surface area contributed by atoms with Gasteiger partial charge in [0, 0.05) is 17.6 Å². The van der Waals surface area contributed by atoms with Crippen LogP contribution in [0.15, 0.2) is 42.6 Å². The molecular formula is C18H19N7O3S. The van der Waals surface area contributed by atoms with Gasteiger partial charge in [0.15, 0.2) is 5.82 Å². The number of rotatable bonds is 5. The topological polar surface area (TPSA) is 139 Å². The molecule has 150 valence electrons. The first-order valence-electron chi connectivity index (χ1n) is 8.50. The number of carbonyl (C=O) groups excluding carboxylic acids is 1. The van der Waals surface area contributed by atoms with Gasteiger partial charge in [-0.15, -0.1) is 0 Å². The third-order valence-corrected chi connectivity index (χ3v) is 4.25. The molecule has 10 nitrogen and oxygen atoms in total. The molecule has 3 rings (SSSR count). The van der Waals surface area contributed by atoms with Gasteiger partial charge in [-0.3, -0.25) is 15.0 Å². The first-order chi connectivity index (χ1) is 13.7. The lowest BCUT2D eigenvalue weighted by atomic mass is 10.2. The molecule has 0 bridgehead atoms. The van der Waals surface area contributed by atoms with Gasteiger partial charge in [0.2, 0.25) is 16.0 Å². The van der Waals surface area contributed by atoms with E-state index in [1.165, 1.54) is 0 Å². The third kappa shape index (κ3) is 5.69. The number of hydrogen-bond acceptors (Lipinski definition) is 7. The van der Waals surface area contributed by atoms with E-state index in [9.17, 15) is 13.2 Å². The molecule has 3 N–H and O–H groups in total. The molecule has 0 aliphatic rings. The fourth-order valence-electron chi connectivity index (χ4n) is 2.48. The number of nitrogens with zero attached hydrogens (tertiary/aromatic N) is 4. The van der Waals surface area contributed by atoms with E-state index in [-0.39, 0.29) is 5.95 Å². The maximum atomic E-state index is 12.4. The Morgan fingerprint density at radius 3 is 2.45 bits per heavy atom. The summed E-state index contributed by atoms with van der Waals surface area (Å²) >= 11 is 0. The zero-order valence-electron chi connectivity index (χ0n) is 16.0. The number of urea groups is 1. The molecule has 11 heteroatoms. The Balaban J connectivity index is 1.74. The minimum absolute atomic E-state index is 0.0867. The minimum atomic E-state index is -3.38. The van der Waals surface area contributed by atoms with Gasteiger partial charge in [0.1, 0.15) is 11.5 Å².